The van der Waals surface area contributed by atoms with Crippen molar-refractivity contribution < 1.29 is 22.0 Å². The van der Waals surface area contributed by atoms with Crippen LogP contribution in [0.4, 0.5) is 8.78 Å². The summed E-state index contributed by atoms with van der Waals surface area (Å²) in [4.78, 5) is 15.8. The molecule has 0 radical (unpaired) electrons. The quantitative estimate of drug-likeness (QED) is 0.266. The number of carbonyl (C=O) groups is 1. The van der Waals surface area contributed by atoms with Crippen molar-refractivity contribution in [2.45, 2.75) is 49.6 Å². The molecule has 5 rings (SSSR count). The van der Waals surface area contributed by atoms with E-state index in [0.717, 1.165) is 72.3 Å². The number of halogens is 3. The topological polar surface area (TPSA) is 80.5 Å². The maximum Gasteiger partial charge on any atom is 0.266 e. The van der Waals surface area contributed by atoms with Gasteiger partial charge in [-0.25, -0.2) is 22.3 Å². The van der Waals surface area contributed by atoms with Crippen LogP contribution < -0.4 is 5.14 Å². The molecule has 1 saturated carbocycles. The van der Waals surface area contributed by atoms with Crippen LogP contribution in [0, 0.1) is 11.6 Å². The number of carbonyl (C=O) groups excluding carboxylic acids is 1. The summed E-state index contributed by atoms with van der Waals surface area (Å²) in [6.07, 6.45) is 4.77. The summed E-state index contributed by atoms with van der Waals surface area (Å²) in [5.74, 6) is -1.62. The number of hydrogen-bond donors (Lipinski definition) is 1. The highest BCUT2D eigenvalue weighted by molar-refractivity contribution is 7.89. The zero-order chi connectivity index (χ0) is 27.0. The lowest BCUT2D eigenvalue weighted by Gasteiger charge is -2.34. The molecule has 0 unspecified atom stereocenters. The third-order valence-electron chi connectivity index (χ3n) is 6.95. The van der Waals surface area contributed by atoms with Crippen LogP contribution in [0.2, 0.25) is 5.02 Å². The molecule has 0 bridgehead atoms. The Morgan fingerprint density at radius 3 is 2.32 bits per heavy atom. The maximum atomic E-state index is 14.5. The van der Waals surface area contributed by atoms with Crippen molar-refractivity contribution in [3.63, 3.8) is 0 Å². The van der Waals surface area contributed by atoms with Crippen molar-refractivity contribution in [3.8, 4) is 11.1 Å². The summed E-state index contributed by atoms with van der Waals surface area (Å²) < 4.78 is 52.2. The first kappa shape index (κ1) is 26.7. The molecule has 38 heavy (non-hydrogen) atoms. The molecule has 1 heterocycles. The monoisotopic (exact) mass is 574 g/mol. The second kappa shape index (κ2) is 10.7. The van der Waals surface area contributed by atoms with Gasteiger partial charge in [0.25, 0.3) is 5.91 Å². The number of hydrogen-bond acceptors (Lipinski definition) is 4. The highest BCUT2D eigenvalue weighted by Gasteiger charge is 2.31. The average molecular weight is 575 g/mol. The Kier molecular flexibility index (Phi) is 7.55. The Morgan fingerprint density at radius 2 is 1.66 bits per heavy atom. The van der Waals surface area contributed by atoms with Crippen LogP contribution in [0.3, 0.4) is 0 Å². The first-order valence-electron chi connectivity index (χ1n) is 12.2. The number of fused-ring (bicyclic) bond motifs is 1. The zero-order valence-corrected chi connectivity index (χ0v) is 22.7. The summed E-state index contributed by atoms with van der Waals surface area (Å²) in [6, 6.07) is 15.9. The Bertz CT molecular complexity index is 1620. The van der Waals surface area contributed by atoms with Gasteiger partial charge in [0.1, 0.15) is 16.5 Å². The third-order valence-corrected chi connectivity index (χ3v) is 9.55. The number of sulfonamides is 1. The molecule has 1 aromatic heterocycles. The van der Waals surface area contributed by atoms with Crippen LogP contribution in [0.1, 0.15) is 47.3 Å². The first-order chi connectivity index (χ1) is 18.1. The van der Waals surface area contributed by atoms with Gasteiger partial charge in [0, 0.05) is 12.6 Å². The van der Waals surface area contributed by atoms with E-state index in [1.807, 2.05) is 24.3 Å². The first-order valence-corrected chi connectivity index (χ1v) is 15.0. The molecule has 5 nitrogen and oxygen atoms in total. The van der Waals surface area contributed by atoms with E-state index >= 15 is 0 Å². The van der Waals surface area contributed by atoms with Crippen LogP contribution in [0.15, 0.2) is 65.6 Å². The lowest BCUT2D eigenvalue weighted by molar-refractivity contribution is 0.0619. The normalized spacial score (nSPS) is 14.6. The van der Waals surface area contributed by atoms with Crippen LogP contribution in [-0.2, 0) is 16.6 Å². The Morgan fingerprint density at radius 1 is 0.974 bits per heavy atom. The molecule has 0 aliphatic heterocycles. The number of thiophene rings is 1. The van der Waals surface area contributed by atoms with Gasteiger partial charge in [-0.05, 0) is 59.9 Å². The van der Waals surface area contributed by atoms with Crippen LogP contribution in [-0.4, -0.2) is 25.3 Å². The van der Waals surface area contributed by atoms with Crippen LogP contribution >= 0.6 is 22.9 Å². The SMILES string of the molecule is NS(=O)(=O)c1ccc(-c2cccc(CN(C(=O)c3sc4c(F)ccc(F)c4c3Cl)C3CCCCC3)c2)cc1. The van der Waals surface area contributed by atoms with Gasteiger partial charge in [0.05, 0.1) is 20.0 Å². The Balaban J connectivity index is 1.49. The maximum absolute atomic E-state index is 14.5. The summed E-state index contributed by atoms with van der Waals surface area (Å²) in [5.41, 5.74) is 2.52. The number of primary sulfonamides is 1. The number of benzene rings is 3. The molecule has 0 spiro atoms. The lowest BCUT2D eigenvalue weighted by atomic mass is 9.93. The standard InChI is InChI=1S/C28H25ClF2N2O3S2/c29-25-24-22(30)13-14-23(31)26(24)37-27(25)28(34)33(20-7-2-1-3-8-20)16-17-5-4-6-19(15-17)18-9-11-21(12-10-18)38(32,35)36/h4-6,9-15,20H,1-3,7-8,16H2,(H2,32,35,36). The van der Waals surface area contributed by atoms with Crippen LogP contribution in [0.5, 0.6) is 0 Å². The highest BCUT2D eigenvalue weighted by Crippen LogP contribution is 2.40. The van der Waals surface area contributed by atoms with Gasteiger partial charge in [-0.3, -0.25) is 4.79 Å². The second-order valence-electron chi connectivity index (χ2n) is 9.47. The third kappa shape index (κ3) is 5.33. The predicted molar refractivity (Wildman–Crippen MR) is 147 cm³/mol. The van der Waals surface area contributed by atoms with Crippen molar-refractivity contribution >= 4 is 49.0 Å². The largest absolute Gasteiger partial charge is 0.331 e. The summed E-state index contributed by atoms with van der Waals surface area (Å²) in [7, 11) is -3.79. The molecule has 0 atom stereocenters. The second-order valence-corrected chi connectivity index (χ2v) is 12.4. The minimum absolute atomic E-state index is 0.0232. The summed E-state index contributed by atoms with van der Waals surface area (Å²) in [5, 5.41) is 5.09. The predicted octanol–water partition coefficient (Wildman–Crippen LogP) is 7.12. The summed E-state index contributed by atoms with van der Waals surface area (Å²) in [6.45, 7) is 0.294. The number of nitrogens with two attached hydrogens (primary N) is 1. The number of rotatable bonds is 6. The number of amides is 1. The van der Waals surface area contributed by atoms with Gasteiger partial charge in [0.2, 0.25) is 10.0 Å². The molecule has 3 aromatic carbocycles. The summed E-state index contributed by atoms with van der Waals surface area (Å²) >= 11 is 7.35. The smallest absolute Gasteiger partial charge is 0.266 e. The molecule has 198 valence electrons. The molecule has 1 aliphatic rings. The molecule has 10 heteroatoms. The van der Waals surface area contributed by atoms with Gasteiger partial charge in [-0.2, -0.15) is 0 Å². The van der Waals surface area contributed by atoms with Gasteiger partial charge in [-0.1, -0.05) is 61.2 Å². The van der Waals surface area contributed by atoms with E-state index in [1.165, 1.54) is 12.1 Å². The lowest BCUT2D eigenvalue weighted by Crippen LogP contribution is -2.40. The van der Waals surface area contributed by atoms with Crippen molar-refractivity contribution in [3.05, 3.63) is 87.8 Å². The Hall–Kier alpha value is -2.85. The van der Waals surface area contributed by atoms with Gasteiger partial charge in [0.15, 0.2) is 0 Å². The minimum atomic E-state index is -3.79. The highest BCUT2D eigenvalue weighted by atomic mass is 35.5. The van der Waals surface area contributed by atoms with Crippen molar-refractivity contribution in [1.82, 2.24) is 4.90 Å². The van der Waals surface area contributed by atoms with E-state index in [4.69, 9.17) is 16.7 Å². The zero-order valence-electron chi connectivity index (χ0n) is 20.3. The molecule has 1 aliphatic carbocycles. The Labute approximate surface area is 228 Å². The fraction of sp³-hybridized carbons (Fsp3) is 0.250. The van der Waals surface area contributed by atoms with Crippen molar-refractivity contribution in [2.24, 2.45) is 5.14 Å². The molecule has 4 aromatic rings. The van der Waals surface area contributed by atoms with E-state index in [2.05, 4.69) is 0 Å². The van der Waals surface area contributed by atoms with Gasteiger partial charge in [-0.15, -0.1) is 11.3 Å². The van der Waals surface area contributed by atoms with E-state index < -0.39 is 21.7 Å². The molecule has 1 fully saturated rings. The number of nitrogens with zero attached hydrogens (tertiary/aromatic N) is 1. The fourth-order valence-electron chi connectivity index (χ4n) is 5.01. The average Bonchev–Trinajstić information content (AvgIpc) is 3.27. The molecular formula is C28H25ClF2N2O3S2. The van der Waals surface area contributed by atoms with Gasteiger partial charge < -0.3 is 4.90 Å². The van der Waals surface area contributed by atoms with E-state index in [-0.39, 0.29) is 36.8 Å². The fourth-order valence-corrected chi connectivity index (χ4v) is 7.03. The van der Waals surface area contributed by atoms with Crippen molar-refractivity contribution in [2.75, 3.05) is 0 Å². The van der Waals surface area contributed by atoms with Crippen LogP contribution in [0.25, 0.3) is 21.2 Å². The molecule has 1 amide bonds. The van der Waals surface area contributed by atoms with Crippen molar-refractivity contribution in [1.29, 1.82) is 0 Å². The molecule has 0 saturated heterocycles. The van der Waals surface area contributed by atoms with E-state index in [9.17, 15) is 22.0 Å². The molecule has 2 N–H and O–H groups in total. The molecular weight excluding hydrogens is 550 g/mol. The van der Waals surface area contributed by atoms with E-state index in [0.29, 0.717) is 6.54 Å². The van der Waals surface area contributed by atoms with Gasteiger partial charge >= 0.3 is 0 Å². The minimum Gasteiger partial charge on any atom is -0.331 e. The van der Waals surface area contributed by atoms with E-state index in [1.54, 1.807) is 17.0 Å².